The van der Waals surface area contributed by atoms with Crippen molar-refractivity contribution in [1.82, 2.24) is 0 Å². The van der Waals surface area contributed by atoms with E-state index in [2.05, 4.69) is 45.9 Å². The maximum Gasteiger partial charge on any atom is 0.302 e. The van der Waals surface area contributed by atoms with Crippen LogP contribution in [0.15, 0.2) is 58.7 Å². The van der Waals surface area contributed by atoms with Crippen LogP contribution in [0.1, 0.15) is 60.8 Å². The van der Waals surface area contributed by atoms with Crippen molar-refractivity contribution in [2.75, 3.05) is 6.61 Å². The van der Waals surface area contributed by atoms with Gasteiger partial charge in [0, 0.05) is 6.92 Å². The highest BCUT2D eigenvalue weighted by Gasteiger charge is 2.26. The molecule has 0 bridgehead atoms. The molecule has 0 aliphatic heterocycles. The molecule has 1 aliphatic rings. The summed E-state index contributed by atoms with van der Waals surface area (Å²) in [5.74, 6) is -0.251. The minimum Gasteiger partial charge on any atom is -0.462 e. The van der Waals surface area contributed by atoms with Crippen LogP contribution in [0.5, 0.6) is 0 Å². The third kappa shape index (κ3) is 7.16. The van der Waals surface area contributed by atoms with Crippen molar-refractivity contribution in [2.45, 2.75) is 60.8 Å². The number of carbonyl (C=O) groups excluding carboxylic acids is 1. The Morgan fingerprint density at radius 2 is 1.88 bits per heavy atom. The monoisotopic (exact) mass is 328 g/mol. The van der Waals surface area contributed by atoms with Crippen LogP contribution in [-0.2, 0) is 9.53 Å². The molecular weight excluding hydrogens is 296 g/mol. The Hall–Kier alpha value is -1.83. The molecular formula is C22H32O2. The van der Waals surface area contributed by atoms with Crippen molar-refractivity contribution >= 4 is 5.97 Å². The van der Waals surface area contributed by atoms with Gasteiger partial charge in [-0.05, 0) is 57.1 Å². The van der Waals surface area contributed by atoms with Crippen LogP contribution >= 0.6 is 0 Å². The van der Waals surface area contributed by atoms with Gasteiger partial charge in [0.1, 0.15) is 6.61 Å². The van der Waals surface area contributed by atoms with Crippen molar-refractivity contribution in [1.29, 1.82) is 0 Å². The number of allylic oxidation sites excluding steroid dienone is 9. The molecule has 2 heteroatoms. The zero-order valence-corrected chi connectivity index (χ0v) is 16.1. The maximum absolute atomic E-state index is 10.7. The average Bonchev–Trinajstić information content (AvgIpc) is 2.45. The number of ether oxygens (including phenoxy) is 1. The smallest absolute Gasteiger partial charge is 0.302 e. The standard InChI is InChI=1S/C22H32O2/c1-17(9-7-10-18(2)14-16-24-20(4)23)12-13-21-19(3)11-8-15-22(21,5)6/h7,9-10,12-14H,8,11,15-16H2,1-6H3/b10-7+,13-12-,17-9+,18-14+. The molecule has 0 atom stereocenters. The first-order chi connectivity index (χ1) is 11.2. The van der Waals surface area contributed by atoms with Crippen molar-refractivity contribution in [3.8, 4) is 0 Å². The summed E-state index contributed by atoms with van der Waals surface area (Å²) in [6, 6.07) is 0. The van der Waals surface area contributed by atoms with E-state index in [0.29, 0.717) is 6.61 Å². The minimum absolute atomic E-state index is 0.251. The maximum atomic E-state index is 10.7. The topological polar surface area (TPSA) is 26.3 Å². The third-order valence-electron chi connectivity index (χ3n) is 4.47. The van der Waals surface area contributed by atoms with Gasteiger partial charge in [0.05, 0.1) is 0 Å². The van der Waals surface area contributed by atoms with E-state index in [-0.39, 0.29) is 11.4 Å². The lowest BCUT2D eigenvalue weighted by atomic mass is 9.72. The molecule has 1 aliphatic carbocycles. The van der Waals surface area contributed by atoms with Gasteiger partial charge in [0.25, 0.3) is 0 Å². The van der Waals surface area contributed by atoms with Crippen LogP contribution in [-0.4, -0.2) is 12.6 Å². The largest absolute Gasteiger partial charge is 0.462 e. The van der Waals surface area contributed by atoms with Gasteiger partial charge in [-0.15, -0.1) is 0 Å². The molecule has 24 heavy (non-hydrogen) atoms. The Kier molecular flexibility index (Phi) is 7.97. The second-order valence-electron chi connectivity index (χ2n) is 7.29. The van der Waals surface area contributed by atoms with Crippen molar-refractivity contribution < 1.29 is 9.53 Å². The first-order valence-corrected chi connectivity index (χ1v) is 8.76. The molecule has 0 aromatic carbocycles. The lowest BCUT2D eigenvalue weighted by Gasteiger charge is -2.32. The highest BCUT2D eigenvalue weighted by atomic mass is 16.5. The van der Waals surface area contributed by atoms with E-state index in [4.69, 9.17) is 4.74 Å². The third-order valence-corrected chi connectivity index (χ3v) is 4.47. The van der Waals surface area contributed by atoms with Crippen molar-refractivity contribution in [3.63, 3.8) is 0 Å². The summed E-state index contributed by atoms with van der Waals surface area (Å²) in [5, 5.41) is 0. The fourth-order valence-corrected chi connectivity index (χ4v) is 2.99. The molecule has 0 saturated heterocycles. The van der Waals surface area contributed by atoms with Gasteiger partial charge in [0.15, 0.2) is 0 Å². The predicted molar refractivity (Wildman–Crippen MR) is 103 cm³/mol. The van der Waals surface area contributed by atoms with Gasteiger partial charge in [-0.3, -0.25) is 4.79 Å². The molecule has 0 unspecified atom stereocenters. The Morgan fingerprint density at radius 1 is 1.17 bits per heavy atom. The molecule has 0 radical (unpaired) electrons. The summed E-state index contributed by atoms with van der Waals surface area (Å²) in [5.41, 5.74) is 5.60. The summed E-state index contributed by atoms with van der Waals surface area (Å²) in [4.78, 5) is 10.7. The van der Waals surface area contributed by atoms with Gasteiger partial charge in [-0.1, -0.05) is 60.9 Å². The lowest BCUT2D eigenvalue weighted by molar-refractivity contribution is -0.139. The second kappa shape index (κ2) is 9.46. The molecule has 0 saturated carbocycles. The summed E-state index contributed by atoms with van der Waals surface area (Å²) >= 11 is 0. The summed E-state index contributed by atoms with van der Waals surface area (Å²) in [7, 11) is 0. The number of carbonyl (C=O) groups is 1. The fraction of sp³-hybridized carbons (Fsp3) is 0.500. The van der Waals surface area contributed by atoms with Gasteiger partial charge < -0.3 is 4.74 Å². The van der Waals surface area contributed by atoms with Crippen LogP contribution in [0.4, 0.5) is 0 Å². The van der Waals surface area contributed by atoms with E-state index >= 15 is 0 Å². The van der Waals surface area contributed by atoms with Gasteiger partial charge in [-0.25, -0.2) is 0 Å². The highest BCUT2D eigenvalue weighted by molar-refractivity contribution is 5.66. The summed E-state index contributed by atoms with van der Waals surface area (Å²) < 4.78 is 4.89. The number of esters is 1. The van der Waals surface area contributed by atoms with E-state index in [1.54, 1.807) is 0 Å². The summed E-state index contributed by atoms with van der Waals surface area (Å²) in [6.07, 6.45) is 16.3. The normalized spacial score (nSPS) is 19.4. The van der Waals surface area contributed by atoms with Crippen LogP contribution in [0.25, 0.3) is 0 Å². The Labute approximate surface area is 147 Å². The van der Waals surface area contributed by atoms with E-state index in [0.717, 1.165) is 5.57 Å². The van der Waals surface area contributed by atoms with Crippen molar-refractivity contribution in [3.05, 3.63) is 58.7 Å². The lowest BCUT2D eigenvalue weighted by Crippen LogP contribution is -2.19. The SMILES string of the molecule is CC(=O)OC/C=C(C)/C=C/C=C(C)/C=C\C1=C(C)CCCC1(C)C. The number of hydrogen-bond acceptors (Lipinski definition) is 2. The van der Waals surface area contributed by atoms with E-state index in [1.165, 1.54) is 42.9 Å². The minimum atomic E-state index is -0.251. The van der Waals surface area contributed by atoms with Crippen LogP contribution in [0.2, 0.25) is 0 Å². The van der Waals surface area contributed by atoms with E-state index in [9.17, 15) is 4.79 Å². The Bertz CT molecular complexity index is 595. The molecule has 0 spiro atoms. The Balaban J connectivity index is 2.67. The Morgan fingerprint density at radius 3 is 2.50 bits per heavy atom. The van der Waals surface area contributed by atoms with Gasteiger partial charge >= 0.3 is 5.97 Å². The second-order valence-corrected chi connectivity index (χ2v) is 7.29. The first kappa shape index (κ1) is 20.2. The molecule has 0 aromatic heterocycles. The van der Waals surface area contributed by atoms with Crippen molar-refractivity contribution in [2.24, 2.45) is 5.41 Å². The molecule has 2 nitrogen and oxygen atoms in total. The van der Waals surface area contributed by atoms with Crippen LogP contribution in [0, 0.1) is 5.41 Å². The van der Waals surface area contributed by atoms with E-state index < -0.39 is 0 Å². The molecule has 0 aromatic rings. The highest BCUT2D eigenvalue weighted by Crippen LogP contribution is 2.40. The van der Waals surface area contributed by atoms with Crippen LogP contribution < -0.4 is 0 Å². The zero-order valence-electron chi connectivity index (χ0n) is 16.1. The average molecular weight is 328 g/mol. The molecule has 0 N–H and O–H groups in total. The molecule has 1 rings (SSSR count). The van der Waals surface area contributed by atoms with Gasteiger partial charge in [-0.2, -0.15) is 0 Å². The summed E-state index contributed by atoms with van der Waals surface area (Å²) in [6.45, 7) is 12.8. The zero-order chi connectivity index (χ0) is 18.2. The fourth-order valence-electron chi connectivity index (χ4n) is 2.99. The van der Waals surface area contributed by atoms with Gasteiger partial charge in [0.2, 0.25) is 0 Å². The number of rotatable bonds is 6. The first-order valence-electron chi connectivity index (χ1n) is 8.76. The predicted octanol–water partition coefficient (Wildman–Crippen LogP) is 6.08. The molecule has 0 fully saturated rings. The van der Waals surface area contributed by atoms with E-state index in [1.807, 2.05) is 25.2 Å². The molecule has 0 heterocycles. The van der Waals surface area contributed by atoms with Crippen LogP contribution in [0.3, 0.4) is 0 Å². The quantitative estimate of drug-likeness (QED) is 0.436. The number of hydrogen-bond donors (Lipinski definition) is 0. The molecule has 132 valence electrons. The molecule has 0 amide bonds.